The minimum absolute atomic E-state index is 0.231. The van der Waals surface area contributed by atoms with Gasteiger partial charge >= 0.3 is 0 Å². The van der Waals surface area contributed by atoms with Gasteiger partial charge in [-0.15, -0.1) is 0 Å². The zero-order valence-electron chi connectivity index (χ0n) is 17.2. The van der Waals surface area contributed by atoms with E-state index < -0.39 is 0 Å². The lowest BCUT2D eigenvalue weighted by molar-refractivity contribution is 0.0975. The normalized spacial score (nSPS) is 14.8. The van der Waals surface area contributed by atoms with Gasteiger partial charge in [0.1, 0.15) is 0 Å². The molecule has 1 saturated carbocycles. The molecular weight excluding hydrogens is 354 g/mol. The summed E-state index contributed by atoms with van der Waals surface area (Å²) in [5.41, 5.74) is 4.99. The summed E-state index contributed by atoms with van der Waals surface area (Å²) < 4.78 is 0. The van der Waals surface area contributed by atoms with Crippen LogP contribution in [0.4, 0.5) is 0 Å². The molecule has 0 radical (unpaired) electrons. The monoisotopic (exact) mass is 385 g/mol. The van der Waals surface area contributed by atoms with Crippen LogP contribution in [0.5, 0.6) is 0 Å². The minimum atomic E-state index is 0.231. The van der Waals surface area contributed by atoms with E-state index in [2.05, 4.69) is 35.3 Å². The molecule has 1 N–H and O–H groups in total. The van der Waals surface area contributed by atoms with Gasteiger partial charge in [0.2, 0.25) is 0 Å². The van der Waals surface area contributed by atoms with E-state index >= 15 is 0 Å². The molecule has 4 rings (SSSR count). The van der Waals surface area contributed by atoms with E-state index in [1.54, 1.807) is 0 Å². The van der Waals surface area contributed by atoms with Crippen molar-refractivity contribution >= 4 is 5.78 Å². The predicted octanol–water partition coefficient (Wildman–Crippen LogP) is 7.67. The van der Waals surface area contributed by atoms with Gasteiger partial charge in [0.25, 0.3) is 0 Å². The average molecular weight is 386 g/mol. The number of rotatable bonds is 8. The molecule has 0 aliphatic heterocycles. The van der Waals surface area contributed by atoms with Crippen molar-refractivity contribution < 1.29 is 4.79 Å². The lowest BCUT2D eigenvalue weighted by Gasteiger charge is -2.21. The number of ketones is 1. The topological polar surface area (TPSA) is 32.9 Å². The SMILES string of the molecule is O=C(CCCCC1CCCCC1)c1[nH]c(-c2ccccc2)cc1-c1ccccc1. The Kier molecular flexibility index (Phi) is 6.61. The Morgan fingerprint density at radius 1 is 0.828 bits per heavy atom. The van der Waals surface area contributed by atoms with Crippen LogP contribution >= 0.6 is 0 Å². The zero-order chi connectivity index (χ0) is 19.9. The third kappa shape index (κ3) is 5.06. The van der Waals surface area contributed by atoms with Gasteiger partial charge in [-0.3, -0.25) is 4.79 Å². The second kappa shape index (κ2) is 9.73. The second-order valence-electron chi connectivity index (χ2n) is 8.38. The summed E-state index contributed by atoms with van der Waals surface area (Å²) in [6.45, 7) is 0. The Hall–Kier alpha value is -2.61. The Bertz CT molecular complexity index is 904. The summed E-state index contributed by atoms with van der Waals surface area (Å²) in [4.78, 5) is 16.5. The minimum Gasteiger partial charge on any atom is -0.352 e. The highest BCUT2D eigenvalue weighted by molar-refractivity contribution is 6.02. The molecule has 1 heterocycles. The number of carbonyl (C=O) groups excluding carboxylic acids is 1. The first-order chi connectivity index (χ1) is 14.3. The molecule has 0 unspecified atom stereocenters. The Balaban J connectivity index is 1.47. The van der Waals surface area contributed by atoms with E-state index in [0.717, 1.165) is 40.4 Å². The summed E-state index contributed by atoms with van der Waals surface area (Å²) in [5, 5.41) is 0. The van der Waals surface area contributed by atoms with E-state index in [9.17, 15) is 4.79 Å². The van der Waals surface area contributed by atoms with Crippen molar-refractivity contribution in [3.8, 4) is 22.4 Å². The molecule has 150 valence electrons. The van der Waals surface area contributed by atoms with Gasteiger partial charge in [0.05, 0.1) is 5.69 Å². The molecule has 1 aliphatic rings. The number of unbranched alkanes of at least 4 members (excludes halogenated alkanes) is 1. The summed E-state index contributed by atoms with van der Waals surface area (Å²) in [7, 11) is 0. The lowest BCUT2D eigenvalue weighted by atomic mass is 9.85. The molecule has 2 nitrogen and oxygen atoms in total. The molecule has 1 aromatic heterocycles. The van der Waals surface area contributed by atoms with Crippen molar-refractivity contribution in [2.75, 3.05) is 0 Å². The van der Waals surface area contributed by atoms with Crippen LogP contribution in [0, 0.1) is 5.92 Å². The standard InChI is InChI=1S/C27H31NO/c29-26(19-11-10-14-21-12-4-1-5-13-21)27-24(22-15-6-2-7-16-22)20-25(28-27)23-17-8-3-9-18-23/h2-3,6-9,15-18,20-21,28H,1,4-5,10-14,19H2. The summed E-state index contributed by atoms with van der Waals surface area (Å²) in [5.74, 6) is 1.13. The van der Waals surface area contributed by atoms with Crippen LogP contribution in [0.2, 0.25) is 0 Å². The van der Waals surface area contributed by atoms with Gasteiger partial charge < -0.3 is 4.98 Å². The molecule has 2 heteroatoms. The summed E-state index contributed by atoms with van der Waals surface area (Å²) in [6.07, 6.45) is 11.1. The van der Waals surface area contributed by atoms with Crippen LogP contribution in [-0.4, -0.2) is 10.8 Å². The van der Waals surface area contributed by atoms with Crippen molar-refractivity contribution in [1.29, 1.82) is 0 Å². The summed E-state index contributed by atoms with van der Waals surface area (Å²) in [6, 6.07) is 22.6. The number of carbonyl (C=O) groups is 1. The average Bonchev–Trinajstić information content (AvgIpc) is 3.24. The van der Waals surface area contributed by atoms with Crippen LogP contribution in [0.25, 0.3) is 22.4 Å². The first kappa shape index (κ1) is 19.7. The molecule has 0 atom stereocenters. The maximum atomic E-state index is 13.1. The highest BCUT2D eigenvalue weighted by Gasteiger charge is 2.18. The Labute approximate surface area is 174 Å². The third-order valence-electron chi connectivity index (χ3n) is 6.26. The van der Waals surface area contributed by atoms with E-state index in [-0.39, 0.29) is 5.78 Å². The molecule has 0 amide bonds. The van der Waals surface area contributed by atoms with Crippen LogP contribution in [0.3, 0.4) is 0 Å². The molecular formula is C27H31NO. The smallest absolute Gasteiger partial charge is 0.179 e. The van der Waals surface area contributed by atoms with Crippen LogP contribution in [0.1, 0.15) is 68.3 Å². The number of benzene rings is 2. The van der Waals surface area contributed by atoms with Crippen molar-refractivity contribution in [3.05, 3.63) is 72.4 Å². The van der Waals surface area contributed by atoms with Crippen LogP contribution in [-0.2, 0) is 0 Å². The molecule has 1 aliphatic carbocycles. The predicted molar refractivity (Wildman–Crippen MR) is 121 cm³/mol. The fourth-order valence-electron chi connectivity index (χ4n) is 4.61. The van der Waals surface area contributed by atoms with Crippen molar-refractivity contribution in [1.82, 2.24) is 4.98 Å². The van der Waals surface area contributed by atoms with Gasteiger partial charge in [-0.2, -0.15) is 0 Å². The van der Waals surface area contributed by atoms with Gasteiger partial charge in [-0.05, 0) is 29.5 Å². The van der Waals surface area contributed by atoms with Crippen LogP contribution < -0.4 is 0 Å². The number of hydrogen-bond acceptors (Lipinski definition) is 1. The van der Waals surface area contributed by atoms with Gasteiger partial charge in [-0.25, -0.2) is 0 Å². The maximum Gasteiger partial charge on any atom is 0.179 e. The van der Waals surface area contributed by atoms with E-state index in [1.165, 1.54) is 44.9 Å². The Morgan fingerprint density at radius 2 is 1.48 bits per heavy atom. The highest BCUT2D eigenvalue weighted by Crippen LogP contribution is 2.31. The molecule has 0 bridgehead atoms. The summed E-state index contributed by atoms with van der Waals surface area (Å²) >= 11 is 0. The van der Waals surface area contributed by atoms with Gasteiger partial charge in [0, 0.05) is 17.7 Å². The fourth-order valence-corrected chi connectivity index (χ4v) is 4.61. The quantitative estimate of drug-likeness (QED) is 0.313. The molecule has 3 aromatic rings. The number of aromatic amines is 1. The number of nitrogens with one attached hydrogen (secondary N) is 1. The van der Waals surface area contributed by atoms with E-state index in [0.29, 0.717) is 6.42 Å². The molecule has 2 aromatic carbocycles. The number of hydrogen-bond donors (Lipinski definition) is 1. The number of aromatic nitrogens is 1. The molecule has 0 spiro atoms. The van der Waals surface area contributed by atoms with E-state index in [4.69, 9.17) is 0 Å². The second-order valence-corrected chi connectivity index (χ2v) is 8.38. The molecule has 29 heavy (non-hydrogen) atoms. The first-order valence-electron chi connectivity index (χ1n) is 11.2. The maximum absolute atomic E-state index is 13.1. The van der Waals surface area contributed by atoms with Gasteiger partial charge in [0.15, 0.2) is 5.78 Å². The zero-order valence-corrected chi connectivity index (χ0v) is 17.2. The number of Topliss-reactive ketones (excluding diaryl/α,β-unsaturated/α-hetero) is 1. The van der Waals surface area contributed by atoms with Gasteiger partial charge in [-0.1, -0.05) is 106 Å². The third-order valence-corrected chi connectivity index (χ3v) is 6.26. The van der Waals surface area contributed by atoms with E-state index in [1.807, 2.05) is 36.4 Å². The van der Waals surface area contributed by atoms with Crippen LogP contribution in [0.15, 0.2) is 66.7 Å². The van der Waals surface area contributed by atoms with Crippen molar-refractivity contribution in [2.45, 2.75) is 57.8 Å². The van der Waals surface area contributed by atoms with Crippen molar-refractivity contribution in [2.24, 2.45) is 5.92 Å². The van der Waals surface area contributed by atoms with Crippen molar-refractivity contribution in [3.63, 3.8) is 0 Å². The fraction of sp³-hybridized carbons (Fsp3) is 0.370. The molecule has 1 fully saturated rings. The lowest BCUT2D eigenvalue weighted by Crippen LogP contribution is -2.07. The number of H-pyrrole nitrogens is 1. The highest BCUT2D eigenvalue weighted by atomic mass is 16.1. The largest absolute Gasteiger partial charge is 0.352 e. The Morgan fingerprint density at radius 3 is 2.17 bits per heavy atom. The molecule has 0 saturated heterocycles. The first-order valence-corrected chi connectivity index (χ1v) is 11.2.